The first kappa shape index (κ1) is 20.7. The lowest BCUT2D eigenvalue weighted by Crippen LogP contribution is -2.50. The van der Waals surface area contributed by atoms with Gasteiger partial charge in [-0.25, -0.2) is 4.79 Å². The van der Waals surface area contributed by atoms with E-state index in [1.807, 2.05) is 66.7 Å². The Bertz CT molecular complexity index is 801. The second-order valence-corrected chi connectivity index (χ2v) is 9.63. The van der Waals surface area contributed by atoms with Crippen molar-refractivity contribution in [3.63, 3.8) is 0 Å². The molecule has 2 aliphatic rings. The fraction of sp³-hybridized carbons (Fsp3) is 0.619. The molecule has 0 bridgehead atoms. The Morgan fingerprint density at radius 3 is 2.29 bits per heavy atom. The smallest absolute Gasteiger partial charge is 0.444 e. The maximum atomic E-state index is 12.1. The highest BCUT2D eigenvalue weighted by Crippen LogP contribution is 2.37. The first-order valence-electron chi connectivity index (χ1n) is 9.70. The predicted molar refractivity (Wildman–Crippen MR) is 107 cm³/mol. The molecule has 0 radical (unpaired) electrons. The Kier molecular flexibility index (Phi) is 5.02. The molecule has 2 saturated heterocycles. The first-order chi connectivity index (χ1) is 12.8. The van der Waals surface area contributed by atoms with E-state index in [0.29, 0.717) is 18.7 Å². The molecule has 0 spiro atoms. The van der Waals surface area contributed by atoms with Gasteiger partial charge in [-0.1, -0.05) is 12.1 Å². The van der Waals surface area contributed by atoms with Crippen LogP contribution in [-0.4, -0.2) is 48.0 Å². The van der Waals surface area contributed by atoms with Gasteiger partial charge in [-0.3, -0.25) is 0 Å². The number of ether oxygens (including phenoxy) is 1. The highest BCUT2D eigenvalue weighted by Gasteiger charge is 2.52. The molecule has 3 rings (SSSR count). The summed E-state index contributed by atoms with van der Waals surface area (Å²) >= 11 is 0. The van der Waals surface area contributed by atoms with E-state index in [4.69, 9.17) is 14.0 Å². The number of nitriles is 1. The largest absolute Gasteiger partial charge is 0.496 e. The molecule has 2 aliphatic heterocycles. The van der Waals surface area contributed by atoms with Crippen LogP contribution in [0, 0.1) is 11.3 Å². The van der Waals surface area contributed by atoms with Crippen molar-refractivity contribution in [1.82, 2.24) is 4.90 Å². The van der Waals surface area contributed by atoms with E-state index in [1.54, 1.807) is 4.90 Å². The number of benzene rings is 1. The molecule has 0 atom stereocenters. The summed E-state index contributed by atoms with van der Waals surface area (Å²) in [6.45, 7) is 14.7. The molecule has 0 N–H and O–H groups in total. The van der Waals surface area contributed by atoms with E-state index < -0.39 is 23.9 Å². The Morgan fingerprint density at radius 1 is 1.21 bits per heavy atom. The Balaban J connectivity index is 1.71. The van der Waals surface area contributed by atoms with Crippen molar-refractivity contribution < 1.29 is 18.8 Å². The molecule has 2 heterocycles. The number of rotatable bonds is 2. The number of hydrogen-bond donors (Lipinski definition) is 0. The maximum Gasteiger partial charge on any atom is 0.496 e. The first-order valence-corrected chi connectivity index (χ1v) is 9.70. The van der Waals surface area contributed by atoms with Crippen LogP contribution in [0.3, 0.4) is 0 Å². The fourth-order valence-corrected chi connectivity index (χ4v) is 3.27. The van der Waals surface area contributed by atoms with E-state index in [0.717, 1.165) is 11.0 Å². The van der Waals surface area contributed by atoms with Crippen LogP contribution in [0.25, 0.3) is 0 Å². The van der Waals surface area contributed by atoms with Gasteiger partial charge in [-0.2, -0.15) is 5.26 Å². The van der Waals surface area contributed by atoms with Crippen LogP contribution in [0.2, 0.25) is 0 Å². The van der Waals surface area contributed by atoms with Gasteiger partial charge in [0, 0.05) is 24.5 Å². The van der Waals surface area contributed by atoms with Gasteiger partial charge in [-0.15, -0.1) is 0 Å². The van der Waals surface area contributed by atoms with Crippen LogP contribution in [0.4, 0.5) is 4.79 Å². The molecule has 1 aromatic carbocycles. The lowest BCUT2D eigenvalue weighted by molar-refractivity contribution is 0.00578. The highest BCUT2D eigenvalue weighted by atomic mass is 16.7. The molecule has 0 unspecified atom stereocenters. The minimum absolute atomic E-state index is 0.201. The maximum absolute atomic E-state index is 12.1. The minimum Gasteiger partial charge on any atom is -0.444 e. The summed E-state index contributed by atoms with van der Waals surface area (Å²) < 4.78 is 17.6. The molecular weight excluding hydrogens is 355 g/mol. The third-order valence-electron chi connectivity index (χ3n) is 5.71. The summed E-state index contributed by atoms with van der Waals surface area (Å²) in [4.78, 5) is 13.8. The normalized spacial score (nSPS) is 21.2. The molecule has 0 aliphatic carbocycles. The molecule has 28 heavy (non-hydrogen) atoms. The summed E-state index contributed by atoms with van der Waals surface area (Å²) in [5.41, 5.74) is 0.924. The van der Waals surface area contributed by atoms with Crippen LogP contribution in [0.5, 0.6) is 0 Å². The van der Waals surface area contributed by atoms with Crippen LogP contribution >= 0.6 is 0 Å². The minimum atomic E-state index is -0.562. The number of amides is 1. The van der Waals surface area contributed by atoms with Gasteiger partial charge in [-0.05, 0) is 60.1 Å². The van der Waals surface area contributed by atoms with Gasteiger partial charge < -0.3 is 18.9 Å². The highest BCUT2D eigenvalue weighted by molar-refractivity contribution is 6.62. The quantitative estimate of drug-likeness (QED) is 0.733. The van der Waals surface area contributed by atoms with Crippen LogP contribution < -0.4 is 5.46 Å². The standard InChI is InChI=1S/C21H29BN2O4/c1-19(2,3)26-18(25)24-12-16(13-24)14-8-9-17(15(10-14)11-23)22-27-20(4,5)21(6,7)28-22/h8-10,16H,12-13H2,1-7H3. The van der Waals surface area contributed by atoms with E-state index in [1.165, 1.54) is 0 Å². The SMILES string of the molecule is CC(C)(C)OC(=O)N1CC(c2ccc(B3OC(C)(C)C(C)(C)O3)c(C#N)c2)C1. The summed E-state index contributed by atoms with van der Waals surface area (Å²) in [7, 11) is -0.562. The number of carbonyl (C=O) groups is 1. The van der Waals surface area contributed by atoms with Crippen molar-refractivity contribution in [3.05, 3.63) is 29.3 Å². The van der Waals surface area contributed by atoms with Crippen molar-refractivity contribution in [2.24, 2.45) is 0 Å². The molecule has 150 valence electrons. The fourth-order valence-electron chi connectivity index (χ4n) is 3.27. The molecule has 2 fully saturated rings. The third kappa shape index (κ3) is 3.89. The molecule has 0 aromatic heterocycles. The predicted octanol–water partition coefficient (Wildman–Crippen LogP) is 3.19. The summed E-state index contributed by atoms with van der Waals surface area (Å²) in [6, 6.07) is 8.06. The third-order valence-corrected chi connectivity index (χ3v) is 5.71. The van der Waals surface area contributed by atoms with E-state index in [-0.39, 0.29) is 12.0 Å². The Labute approximate surface area is 167 Å². The Hall–Kier alpha value is -2.04. The summed E-state index contributed by atoms with van der Waals surface area (Å²) in [5.74, 6) is 0.201. The van der Waals surface area contributed by atoms with Crippen LogP contribution in [0.1, 0.15) is 65.5 Å². The lowest BCUT2D eigenvalue weighted by Gasteiger charge is -2.40. The molecule has 1 amide bonds. The van der Waals surface area contributed by atoms with Gasteiger partial charge in [0.2, 0.25) is 0 Å². The second kappa shape index (κ2) is 6.79. The number of hydrogen-bond acceptors (Lipinski definition) is 5. The molecule has 0 saturated carbocycles. The average molecular weight is 384 g/mol. The van der Waals surface area contributed by atoms with Gasteiger partial charge >= 0.3 is 13.2 Å². The van der Waals surface area contributed by atoms with Crippen molar-refractivity contribution in [1.29, 1.82) is 5.26 Å². The zero-order valence-corrected chi connectivity index (χ0v) is 17.8. The molecular formula is C21H29BN2O4. The van der Waals surface area contributed by atoms with Crippen LogP contribution in [-0.2, 0) is 14.0 Å². The number of carbonyl (C=O) groups excluding carboxylic acids is 1. The summed E-state index contributed by atoms with van der Waals surface area (Å²) in [5, 5.41) is 9.66. The van der Waals surface area contributed by atoms with Gasteiger partial charge in [0.15, 0.2) is 0 Å². The number of likely N-dealkylation sites (tertiary alicyclic amines) is 1. The van der Waals surface area contributed by atoms with E-state index in [2.05, 4.69) is 6.07 Å². The van der Waals surface area contributed by atoms with Crippen molar-refractivity contribution in [3.8, 4) is 6.07 Å². The lowest BCUT2D eigenvalue weighted by atomic mass is 9.74. The number of nitrogens with zero attached hydrogens (tertiary/aromatic N) is 2. The zero-order valence-electron chi connectivity index (χ0n) is 17.8. The van der Waals surface area contributed by atoms with Gasteiger partial charge in [0.05, 0.1) is 22.8 Å². The van der Waals surface area contributed by atoms with Gasteiger partial charge in [0.25, 0.3) is 0 Å². The monoisotopic (exact) mass is 384 g/mol. The van der Waals surface area contributed by atoms with E-state index in [9.17, 15) is 10.1 Å². The van der Waals surface area contributed by atoms with Crippen molar-refractivity contribution in [2.45, 2.75) is 71.2 Å². The second-order valence-electron chi connectivity index (χ2n) is 9.63. The van der Waals surface area contributed by atoms with E-state index >= 15 is 0 Å². The molecule has 1 aromatic rings. The topological polar surface area (TPSA) is 71.8 Å². The van der Waals surface area contributed by atoms with Crippen LogP contribution in [0.15, 0.2) is 18.2 Å². The zero-order chi connectivity index (χ0) is 20.9. The van der Waals surface area contributed by atoms with Crippen molar-refractivity contribution in [2.75, 3.05) is 13.1 Å². The summed E-state index contributed by atoms with van der Waals surface area (Å²) in [6.07, 6.45) is -0.293. The molecule has 7 heteroatoms. The molecule has 6 nitrogen and oxygen atoms in total. The van der Waals surface area contributed by atoms with Crippen molar-refractivity contribution >= 4 is 18.7 Å². The van der Waals surface area contributed by atoms with Gasteiger partial charge in [0.1, 0.15) is 5.60 Å². The Morgan fingerprint density at radius 2 is 1.79 bits per heavy atom. The average Bonchev–Trinajstić information content (AvgIpc) is 2.71.